The van der Waals surface area contributed by atoms with Crippen molar-refractivity contribution >= 4 is 40.7 Å². The van der Waals surface area contributed by atoms with E-state index in [0.717, 1.165) is 49.9 Å². The smallest absolute Gasteiger partial charge is 0.411 e. The van der Waals surface area contributed by atoms with Crippen LogP contribution in [0.15, 0.2) is 18.2 Å². The summed E-state index contributed by atoms with van der Waals surface area (Å²) in [5, 5.41) is 0. The molecule has 0 N–H and O–H groups in total. The maximum atomic E-state index is 13.7. The van der Waals surface area contributed by atoms with Crippen molar-refractivity contribution in [2.75, 3.05) is 55.8 Å². The minimum Gasteiger partial charge on any atom is -0.444 e. The van der Waals surface area contributed by atoms with Gasteiger partial charge in [0.2, 0.25) is 11.9 Å². The summed E-state index contributed by atoms with van der Waals surface area (Å²) in [4.78, 5) is 39.2. The average Bonchev–Trinajstić information content (AvgIpc) is 3.57. The van der Waals surface area contributed by atoms with Gasteiger partial charge in [0.05, 0.1) is 16.9 Å². The highest BCUT2D eigenvalue weighted by molar-refractivity contribution is 7.99. The van der Waals surface area contributed by atoms with Gasteiger partial charge in [-0.2, -0.15) is 0 Å². The Labute approximate surface area is 215 Å². The Hall–Kier alpha value is -2.53. The highest BCUT2D eigenvalue weighted by Gasteiger charge is 2.45. The van der Waals surface area contributed by atoms with Gasteiger partial charge in [0.25, 0.3) is 0 Å². The van der Waals surface area contributed by atoms with E-state index in [0.29, 0.717) is 24.4 Å². The second-order valence-corrected chi connectivity index (χ2v) is 11.9. The van der Waals surface area contributed by atoms with Crippen LogP contribution in [0.2, 0.25) is 0 Å². The first-order chi connectivity index (χ1) is 17.1. The number of carbonyl (C=O) groups excluding carboxylic acids is 2. The molecular weight excluding hydrogens is 483 g/mol. The molecule has 2 amide bonds. The second kappa shape index (κ2) is 9.74. The van der Waals surface area contributed by atoms with Crippen LogP contribution in [0.25, 0.3) is 11.0 Å². The number of nitrogens with zero attached hydrogens (tertiary/aromatic N) is 6. The van der Waals surface area contributed by atoms with Gasteiger partial charge >= 0.3 is 6.09 Å². The first-order valence-electron chi connectivity index (χ1n) is 12.6. The van der Waals surface area contributed by atoms with Gasteiger partial charge in [-0.3, -0.25) is 14.6 Å². The zero-order valence-electron chi connectivity index (χ0n) is 21.4. The van der Waals surface area contributed by atoms with Gasteiger partial charge in [0, 0.05) is 64.2 Å². The number of likely N-dealkylation sites (tertiary alicyclic amines) is 1. The van der Waals surface area contributed by atoms with Gasteiger partial charge in [-0.1, -0.05) is 0 Å². The normalized spacial score (nSPS) is 23.6. The summed E-state index contributed by atoms with van der Waals surface area (Å²) in [6.07, 6.45) is 0.200. The molecule has 36 heavy (non-hydrogen) atoms. The number of amides is 2. The van der Waals surface area contributed by atoms with Crippen LogP contribution < -0.4 is 4.90 Å². The van der Waals surface area contributed by atoms with E-state index in [1.54, 1.807) is 22.7 Å². The van der Waals surface area contributed by atoms with Crippen LogP contribution in [0.5, 0.6) is 0 Å². The number of thioether (sulfide) groups is 1. The number of imidazole rings is 1. The second-order valence-electron chi connectivity index (χ2n) is 10.8. The lowest BCUT2D eigenvalue weighted by Gasteiger charge is -2.38. The summed E-state index contributed by atoms with van der Waals surface area (Å²) in [6.45, 7) is 9.89. The molecule has 3 fully saturated rings. The molecule has 0 radical (unpaired) electrons. The molecule has 5 rings (SSSR count). The Kier molecular flexibility index (Phi) is 6.80. The fourth-order valence-electron chi connectivity index (χ4n) is 5.36. The number of hydrogen-bond donors (Lipinski definition) is 0. The Balaban J connectivity index is 1.27. The zero-order valence-corrected chi connectivity index (χ0v) is 22.3. The molecule has 0 saturated carbocycles. The Morgan fingerprint density at radius 3 is 2.56 bits per heavy atom. The van der Waals surface area contributed by atoms with Crippen molar-refractivity contribution in [1.82, 2.24) is 24.3 Å². The van der Waals surface area contributed by atoms with Crippen molar-refractivity contribution < 1.29 is 18.7 Å². The Morgan fingerprint density at radius 2 is 1.89 bits per heavy atom. The lowest BCUT2D eigenvalue weighted by Crippen LogP contribution is -2.52. The van der Waals surface area contributed by atoms with Crippen molar-refractivity contribution in [3.63, 3.8) is 0 Å². The lowest BCUT2D eigenvalue weighted by atomic mass is 10.1. The summed E-state index contributed by atoms with van der Waals surface area (Å²) in [5.74, 6) is 2.19. The fraction of sp³-hybridized carbons (Fsp3) is 0.640. The van der Waals surface area contributed by atoms with Gasteiger partial charge in [0.15, 0.2) is 0 Å². The van der Waals surface area contributed by atoms with Crippen LogP contribution in [0, 0.1) is 5.82 Å². The number of anilines is 1. The number of aryl methyl sites for hydroxylation is 1. The minimum atomic E-state index is -0.619. The number of ether oxygens (including phenoxy) is 1. The van der Waals surface area contributed by atoms with Crippen LogP contribution in [-0.4, -0.2) is 105 Å². The van der Waals surface area contributed by atoms with Crippen molar-refractivity contribution in [3.8, 4) is 0 Å². The maximum absolute atomic E-state index is 13.7. The molecule has 3 aliphatic heterocycles. The van der Waals surface area contributed by atoms with Crippen molar-refractivity contribution in [2.45, 2.75) is 44.9 Å². The van der Waals surface area contributed by atoms with Crippen molar-refractivity contribution in [2.24, 2.45) is 7.05 Å². The Morgan fingerprint density at radius 1 is 1.14 bits per heavy atom. The van der Waals surface area contributed by atoms with E-state index in [9.17, 15) is 14.0 Å². The van der Waals surface area contributed by atoms with Gasteiger partial charge in [0.1, 0.15) is 17.5 Å². The largest absolute Gasteiger partial charge is 0.444 e. The van der Waals surface area contributed by atoms with Crippen LogP contribution in [-0.2, 0) is 16.6 Å². The van der Waals surface area contributed by atoms with Crippen LogP contribution in [0.1, 0.15) is 27.2 Å². The quantitative estimate of drug-likeness (QED) is 0.619. The number of aromatic nitrogens is 2. The maximum Gasteiger partial charge on any atom is 0.411 e. The molecule has 196 valence electrons. The molecule has 1 aromatic carbocycles. The molecule has 0 aliphatic carbocycles. The SMILES string of the molecule is Cn1c(N2CCN([C@H]3C[C@@H](C(=O)N4CCSC4)N(C(=O)OC(C)(C)C)C3)CC2)nc2cc(F)ccc21. The summed E-state index contributed by atoms with van der Waals surface area (Å²) in [5.41, 5.74) is 0.936. The third-order valence-electron chi connectivity index (χ3n) is 7.19. The third kappa shape index (κ3) is 5.00. The number of fused-ring (bicyclic) bond motifs is 1. The molecule has 9 nitrogen and oxygen atoms in total. The molecule has 0 spiro atoms. The predicted octanol–water partition coefficient (Wildman–Crippen LogP) is 2.75. The van der Waals surface area contributed by atoms with Crippen molar-refractivity contribution in [3.05, 3.63) is 24.0 Å². The van der Waals surface area contributed by atoms with E-state index >= 15 is 0 Å². The summed E-state index contributed by atoms with van der Waals surface area (Å²) in [6, 6.07) is 4.29. The zero-order chi connectivity index (χ0) is 25.6. The number of halogens is 1. The number of rotatable bonds is 3. The first-order valence-corrected chi connectivity index (χ1v) is 13.7. The van der Waals surface area contributed by atoms with E-state index in [1.165, 1.54) is 12.1 Å². The van der Waals surface area contributed by atoms with E-state index < -0.39 is 17.7 Å². The van der Waals surface area contributed by atoms with Crippen LogP contribution >= 0.6 is 11.8 Å². The van der Waals surface area contributed by atoms with Gasteiger partial charge < -0.3 is 19.1 Å². The first kappa shape index (κ1) is 25.1. The van der Waals surface area contributed by atoms with Gasteiger partial charge in [-0.05, 0) is 39.3 Å². The van der Waals surface area contributed by atoms with Crippen molar-refractivity contribution in [1.29, 1.82) is 0 Å². The van der Waals surface area contributed by atoms with Gasteiger partial charge in [-0.25, -0.2) is 14.2 Å². The Bertz CT molecular complexity index is 1140. The molecule has 3 aliphatic rings. The predicted molar refractivity (Wildman–Crippen MR) is 139 cm³/mol. The molecule has 4 heterocycles. The lowest BCUT2D eigenvalue weighted by molar-refractivity contribution is -0.134. The number of piperazine rings is 1. The van der Waals surface area contributed by atoms with Crippen LogP contribution in [0.4, 0.5) is 15.1 Å². The monoisotopic (exact) mass is 518 g/mol. The van der Waals surface area contributed by atoms with E-state index in [4.69, 9.17) is 4.74 Å². The standard InChI is InChI=1S/C25H35FN6O3S/c1-25(2,3)35-24(34)32-15-18(14-21(32)22(33)31-11-12-36-16-31)29-7-9-30(10-8-29)23-27-19-13-17(26)5-6-20(19)28(23)4/h5-6,13,18,21H,7-12,14-16H2,1-4H3/t18-,21-/m0/s1. The topological polar surface area (TPSA) is 74.2 Å². The fourth-order valence-corrected chi connectivity index (χ4v) is 6.32. The molecule has 2 aromatic rings. The summed E-state index contributed by atoms with van der Waals surface area (Å²) >= 11 is 1.74. The number of hydrogen-bond acceptors (Lipinski definition) is 7. The molecular formula is C25H35FN6O3S. The summed E-state index contributed by atoms with van der Waals surface area (Å²) < 4.78 is 21.4. The molecule has 0 unspecified atom stereocenters. The third-order valence-corrected chi connectivity index (χ3v) is 8.15. The van der Waals surface area contributed by atoms with E-state index in [2.05, 4.69) is 14.8 Å². The molecule has 11 heteroatoms. The highest BCUT2D eigenvalue weighted by Crippen LogP contribution is 2.29. The molecule has 1 aromatic heterocycles. The molecule has 3 saturated heterocycles. The van der Waals surface area contributed by atoms with Gasteiger partial charge in [-0.15, -0.1) is 11.8 Å². The number of carbonyl (C=O) groups is 2. The van der Waals surface area contributed by atoms with Crippen LogP contribution in [0.3, 0.4) is 0 Å². The number of benzene rings is 1. The molecule has 0 bridgehead atoms. The van der Waals surface area contributed by atoms with E-state index in [1.807, 2.05) is 37.3 Å². The molecule has 2 atom stereocenters. The minimum absolute atomic E-state index is 0.0268. The summed E-state index contributed by atoms with van der Waals surface area (Å²) in [7, 11) is 1.96. The average molecular weight is 519 g/mol. The highest BCUT2D eigenvalue weighted by atomic mass is 32.2. The van der Waals surface area contributed by atoms with E-state index in [-0.39, 0.29) is 17.8 Å².